The second-order valence-corrected chi connectivity index (χ2v) is 10.1. The van der Waals surface area contributed by atoms with Gasteiger partial charge in [-0.15, -0.1) is 0 Å². The zero-order valence-corrected chi connectivity index (χ0v) is 9.84. The molecule has 7 heteroatoms. The molecular formula is C6H14FO4PSi. The van der Waals surface area contributed by atoms with E-state index in [1.165, 1.54) is 0 Å². The van der Waals surface area contributed by atoms with Gasteiger partial charge in [0.2, 0.25) is 6.36 Å². The largest absolute Gasteiger partial charge is 0.467 e. The van der Waals surface area contributed by atoms with Crippen LogP contribution < -0.4 is 0 Å². The van der Waals surface area contributed by atoms with Gasteiger partial charge in [0.1, 0.15) is 0 Å². The molecule has 0 N–H and O–H groups in total. The van der Waals surface area contributed by atoms with Gasteiger partial charge in [0.05, 0.1) is 6.61 Å². The third kappa shape index (κ3) is 3.87. The van der Waals surface area contributed by atoms with Crippen molar-refractivity contribution in [2.24, 2.45) is 0 Å². The molecule has 0 saturated carbocycles. The summed E-state index contributed by atoms with van der Waals surface area (Å²) in [5.41, 5.74) is 0. The minimum absolute atomic E-state index is 0.0862. The highest BCUT2D eigenvalue weighted by Gasteiger charge is 2.39. The van der Waals surface area contributed by atoms with E-state index in [2.05, 4.69) is 4.52 Å². The maximum absolute atomic E-state index is 12.7. The quantitative estimate of drug-likeness (QED) is 0.538. The number of phosphoric ester groups is 1. The Morgan fingerprint density at radius 1 is 1.54 bits per heavy atom. The summed E-state index contributed by atoms with van der Waals surface area (Å²) in [5.74, 6) is 0. The smallest absolute Gasteiger partial charge is 0.330 e. The molecule has 1 saturated heterocycles. The van der Waals surface area contributed by atoms with Crippen molar-refractivity contribution in [2.75, 3.05) is 6.61 Å². The first-order valence-electron chi connectivity index (χ1n) is 4.09. The van der Waals surface area contributed by atoms with E-state index in [1.54, 1.807) is 0 Å². The molecule has 0 aromatic carbocycles. The van der Waals surface area contributed by atoms with Crippen LogP contribution in [0.1, 0.15) is 6.42 Å². The van der Waals surface area contributed by atoms with Crippen LogP contribution in [0.25, 0.3) is 0 Å². The first-order chi connectivity index (χ1) is 5.81. The van der Waals surface area contributed by atoms with Gasteiger partial charge in [0, 0.05) is 6.42 Å². The number of hydrogen-bond donors (Lipinski definition) is 0. The van der Waals surface area contributed by atoms with Crippen molar-refractivity contribution in [1.82, 2.24) is 0 Å². The molecule has 1 aliphatic rings. The van der Waals surface area contributed by atoms with Gasteiger partial charge in [-0.1, -0.05) is 0 Å². The van der Waals surface area contributed by atoms with Crippen molar-refractivity contribution in [1.29, 1.82) is 0 Å². The average Bonchev–Trinajstić information content (AvgIpc) is 1.79. The first kappa shape index (κ1) is 11.3. The summed E-state index contributed by atoms with van der Waals surface area (Å²) in [6, 6.07) is 0. The van der Waals surface area contributed by atoms with Gasteiger partial charge in [0.15, 0.2) is 8.32 Å². The zero-order chi connectivity index (χ0) is 10.1. The van der Waals surface area contributed by atoms with Gasteiger partial charge in [-0.2, -0.15) is 0 Å². The predicted octanol–water partition coefficient (Wildman–Crippen LogP) is 2.68. The lowest BCUT2D eigenvalue weighted by Gasteiger charge is -2.29. The normalized spacial score (nSPS) is 36.2. The molecule has 0 radical (unpaired) electrons. The Labute approximate surface area is 78.1 Å². The molecule has 0 aromatic rings. The van der Waals surface area contributed by atoms with Gasteiger partial charge < -0.3 is 4.21 Å². The number of alkyl halides is 1. The van der Waals surface area contributed by atoms with Crippen molar-refractivity contribution in [2.45, 2.75) is 32.4 Å². The standard InChI is InChI=1S/C6H14FO4PSi/c1-13(2,3)11-12(8)9-5-4-6(7)10-12/h6H,4-5H2,1-3H3. The Balaban J connectivity index is 2.60. The van der Waals surface area contributed by atoms with Crippen molar-refractivity contribution < 1.29 is 22.2 Å². The van der Waals surface area contributed by atoms with Crippen LogP contribution in [0, 0.1) is 0 Å². The highest BCUT2D eigenvalue weighted by Crippen LogP contribution is 2.55. The van der Waals surface area contributed by atoms with Gasteiger partial charge in [-0.3, -0.25) is 9.05 Å². The summed E-state index contributed by atoms with van der Waals surface area (Å²) in [6.07, 6.45) is -1.42. The fraction of sp³-hybridized carbons (Fsp3) is 1.00. The summed E-state index contributed by atoms with van der Waals surface area (Å²) in [6.45, 7) is 5.59. The molecule has 1 rings (SSSR count). The average molecular weight is 228 g/mol. The summed E-state index contributed by atoms with van der Waals surface area (Å²) < 4.78 is 38.8. The van der Waals surface area contributed by atoms with E-state index in [9.17, 15) is 8.96 Å². The SMILES string of the molecule is C[Si](C)(C)OP1(=O)OCCC(F)O1. The molecule has 78 valence electrons. The van der Waals surface area contributed by atoms with E-state index in [0.717, 1.165) is 0 Å². The van der Waals surface area contributed by atoms with Gasteiger partial charge in [0.25, 0.3) is 0 Å². The minimum atomic E-state index is -3.60. The maximum atomic E-state index is 12.7. The number of phosphoric acid groups is 1. The molecule has 2 atom stereocenters. The summed E-state index contributed by atoms with van der Waals surface area (Å²) in [4.78, 5) is 0. The topological polar surface area (TPSA) is 44.8 Å². The lowest BCUT2D eigenvalue weighted by atomic mass is 10.5. The third-order valence-electron chi connectivity index (χ3n) is 1.22. The maximum Gasteiger partial charge on any atom is 0.467 e. The lowest BCUT2D eigenvalue weighted by molar-refractivity contribution is -0.0226. The van der Waals surface area contributed by atoms with E-state index in [4.69, 9.17) is 8.74 Å². The van der Waals surface area contributed by atoms with Crippen LogP contribution >= 0.6 is 7.82 Å². The molecule has 0 spiro atoms. The van der Waals surface area contributed by atoms with Gasteiger partial charge in [-0.25, -0.2) is 8.96 Å². The molecule has 2 unspecified atom stereocenters. The van der Waals surface area contributed by atoms with Crippen molar-refractivity contribution in [3.63, 3.8) is 0 Å². The van der Waals surface area contributed by atoms with Crippen LogP contribution in [0.2, 0.25) is 19.6 Å². The van der Waals surface area contributed by atoms with E-state index < -0.39 is 22.5 Å². The molecule has 1 fully saturated rings. The Hall–Kier alpha value is 0.257. The van der Waals surface area contributed by atoms with Crippen molar-refractivity contribution in [3.05, 3.63) is 0 Å². The molecule has 0 bridgehead atoms. The Kier molecular flexibility index (Phi) is 3.30. The minimum Gasteiger partial charge on any atom is -0.330 e. The van der Waals surface area contributed by atoms with Crippen LogP contribution in [-0.2, 0) is 17.8 Å². The Morgan fingerprint density at radius 2 is 2.15 bits per heavy atom. The highest BCUT2D eigenvalue weighted by atomic mass is 31.2. The van der Waals surface area contributed by atoms with Gasteiger partial charge >= 0.3 is 7.82 Å². The van der Waals surface area contributed by atoms with Crippen LogP contribution in [0.4, 0.5) is 4.39 Å². The fourth-order valence-corrected chi connectivity index (χ4v) is 4.71. The van der Waals surface area contributed by atoms with Crippen molar-refractivity contribution >= 4 is 16.1 Å². The molecule has 1 aliphatic heterocycles. The third-order valence-corrected chi connectivity index (χ3v) is 5.29. The van der Waals surface area contributed by atoms with E-state index >= 15 is 0 Å². The first-order valence-corrected chi connectivity index (χ1v) is 8.95. The van der Waals surface area contributed by atoms with Crippen LogP contribution in [0.3, 0.4) is 0 Å². The predicted molar refractivity (Wildman–Crippen MR) is 48.6 cm³/mol. The van der Waals surface area contributed by atoms with Crippen LogP contribution in [0.15, 0.2) is 0 Å². The molecule has 0 aromatic heterocycles. The monoisotopic (exact) mass is 228 g/mol. The summed E-state index contributed by atoms with van der Waals surface area (Å²) in [7, 11) is -5.63. The van der Waals surface area contributed by atoms with Gasteiger partial charge in [-0.05, 0) is 19.6 Å². The summed E-state index contributed by atoms with van der Waals surface area (Å²) in [5, 5.41) is 0. The molecule has 4 nitrogen and oxygen atoms in total. The number of rotatable bonds is 2. The molecule has 13 heavy (non-hydrogen) atoms. The molecule has 0 amide bonds. The number of hydrogen-bond acceptors (Lipinski definition) is 4. The van der Waals surface area contributed by atoms with Crippen molar-refractivity contribution in [3.8, 4) is 0 Å². The Morgan fingerprint density at radius 3 is 2.62 bits per heavy atom. The second-order valence-electron chi connectivity index (χ2n) is 3.79. The van der Waals surface area contributed by atoms with E-state index in [0.29, 0.717) is 0 Å². The molecular weight excluding hydrogens is 214 g/mol. The van der Waals surface area contributed by atoms with Crippen LogP contribution in [0.5, 0.6) is 0 Å². The van der Waals surface area contributed by atoms with Crippen LogP contribution in [-0.4, -0.2) is 21.3 Å². The fourth-order valence-electron chi connectivity index (χ4n) is 0.864. The summed E-state index contributed by atoms with van der Waals surface area (Å²) >= 11 is 0. The number of halogens is 1. The molecule has 0 aliphatic carbocycles. The van der Waals surface area contributed by atoms with E-state index in [-0.39, 0.29) is 13.0 Å². The zero-order valence-electron chi connectivity index (χ0n) is 7.95. The lowest BCUT2D eigenvalue weighted by Crippen LogP contribution is -2.28. The highest BCUT2D eigenvalue weighted by molar-refractivity contribution is 7.50. The Bertz CT molecular complexity index is 229. The second kappa shape index (κ2) is 3.79. The van der Waals surface area contributed by atoms with E-state index in [1.807, 2.05) is 19.6 Å². The molecule has 1 heterocycles.